The van der Waals surface area contributed by atoms with Gasteiger partial charge >= 0.3 is 11.6 Å². The maximum absolute atomic E-state index is 12.0. The van der Waals surface area contributed by atoms with Crippen LogP contribution in [0.1, 0.15) is 13.3 Å². The standard InChI is InChI=1S/C14H17N3O3/c1-8-6-17(13(20)16-10(8)3)11-5-12(19)14(7-18,15-4)9(11)2/h6,11-12,18-19H,2-3,5,7H2,1H3,(H,16,20)/t11-,12-,14+/m0/s1. The van der Waals surface area contributed by atoms with E-state index in [-0.39, 0.29) is 12.5 Å². The molecule has 0 saturated heterocycles. The van der Waals surface area contributed by atoms with E-state index in [4.69, 9.17) is 6.57 Å². The zero-order chi connectivity index (χ0) is 15.1. The van der Waals surface area contributed by atoms with Crippen LogP contribution >= 0.6 is 0 Å². The van der Waals surface area contributed by atoms with Crippen molar-refractivity contribution in [2.24, 2.45) is 0 Å². The van der Waals surface area contributed by atoms with Crippen LogP contribution in [0.15, 0.2) is 36.2 Å². The molecular formula is C14H17N3O3. The minimum Gasteiger partial charge on any atom is -0.387 e. The number of amides is 2. The second-order valence-electron chi connectivity index (χ2n) is 5.11. The predicted octanol–water partition coefficient (Wildman–Crippen LogP) is 0.769. The molecule has 20 heavy (non-hydrogen) atoms. The van der Waals surface area contributed by atoms with Crippen molar-refractivity contribution in [2.75, 3.05) is 6.61 Å². The summed E-state index contributed by atoms with van der Waals surface area (Å²) in [6.07, 6.45) is 0.751. The van der Waals surface area contributed by atoms with Gasteiger partial charge in [-0.3, -0.25) is 9.74 Å². The molecule has 1 heterocycles. The van der Waals surface area contributed by atoms with Gasteiger partial charge in [0.2, 0.25) is 0 Å². The molecule has 0 aromatic rings. The lowest BCUT2D eigenvalue weighted by molar-refractivity contribution is 0.0977. The molecule has 0 radical (unpaired) electrons. The van der Waals surface area contributed by atoms with Crippen molar-refractivity contribution >= 4 is 6.03 Å². The van der Waals surface area contributed by atoms with Crippen LogP contribution < -0.4 is 5.32 Å². The predicted molar refractivity (Wildman–Crippen MR) is 73.2 cm³/mol. The van der Waals surface area contributed by atoms with E-state index in [0.717, 1.165) is 5.57 Å². The van der Waals surface area contributed by atoms with Crippen LogP contribution in [0.2, 0.25) is 0 Å². The van der Waals surface area contributed by atoms with Gasteiger partial charge in [0, 0.05) is 23.9 Å². The van der Waals surface area contributed by atoms with Crippen LogP contribution in [0.25, 0.3) is 4.85 Å². The zero-order valence-electron chi connectivity index (χ0n) is 11.3. The summed E-state index contributed by atoms with van der Waals surface area (Å²) >= 11 is 0. The molecule has 0 unspecified atom stereocenters. The Morgan fingerprint density at radius 3 is 2.80 bits per heavy atom. The summed E-state index contributed by atoms with van der Waals surface area (Å²) in [4.78, 5) is 16.8. The van der Waals surface area contributed by atoms with Gasteiger partial charge in [0.05, 0.1) is 6.04 Å². The summed E-state index contributed by atoms with van der Waals surface area (Å²) in [7, 11) is 0. The smallest absolute Gasteiger partial charge is 0.326 e. The molecule has 2 aliphatic rings. The Labute approximate surface area is 117 Å². The number of hydrogen-bond donors (Lipinski definition) is 3. The monoisotopic (exact) mass is 275 g/mol. The van der Waals surface area contributed by atoms with Gasteiger partial charge in [-0.15, -0.1) is 0 Å². The molecule has 0 aromatic heterocycles. The highest BCUT2D eigenvalue weighted by molar-refractivity contribution is 5.81. The van der Waals surface area contributed by atoms with Crippen LogP contribution in [0.5, 0.6) is 0 Å². The average molecular weight is 275 g/mol. The number of carbonyl (C=O) groups excluding carboxylic acids is 1. The van der Waals surface area contributed by atoms with Gasteiger partial charge in [0.1, 0.15) is 12.7 Å². The zero-order valence-corrected chi connectivity index (χ0v) is 11.3. The maximum atomic E-state index is 12.0. The van der Waals surface area contributed by atoms with Crippen LogP contribution in [0, 0.1) is 6.57 Å². The first-order chi connectivity index (χ1) is 9.37. The van der Waals surface area contributed by atoms with E-state index in [0.29, 0.717) is 11.3 Å². The van der Waals surface area contributed by atoms with Gasteiger partial charge in [-0.25, -0.2) is 11.4 Å². The topological polar surface area (TPSA) is 77.2 Å². The van der Waals surface area contributed by atoms with Gasteiger partial charge in [-0.05, 0) is 12.5 Å². The van der Waals surface area contributed by atoms with Gasteiger partial charge in [0.25, 0.3) is 0 Å². The molecule has 6 heteroatoms. The van der Waals surface area contributed by atoms with E-state index in [9.17, 15) is 15.0 Å². The van der Waals surface area contributed by atoms with Gasteiger partial charge < -0.3 is 15.5 Å². The summed E-state index contributed by atoms with van der Waals surface area (Å²) in [5.41, 5.74) is 0.237. The minimum atomic E-state index is -1.43. The second-order valence-corrected chi connectivity index (χ2v) is 5.11. The van der Waals surface area contributed by atoms with E-state index >= 15 is 0 Å². The molecule has 1 saturated carbocycles. The Bertz CT molecular complexity index is 561. The molecule has 106 valence electrons. The second kappa shape index (κ2) is 4.78. The van der Waals surface area contributed by atoms with Crippen LogP contribution in [-0.4, -0.2) is 45.4 Å². The summed E-state index contributed by atoms with van der Waals surface area (Å²) in [5.74, 6) is 0. The third-order valence-corrected chi connectivity index (χ3v) is 4.03. The van der Waals surface area contributed by atoms with E-state index < -0.39 is 24.3 Å². The van der Waals surface area contributed by atoms with Crippen LogP contribution in [0.3, 0.4) is 0 Å². The van der Waals surface area contributed by atoms with Crippen molar-refractivity contribution in [2.45, 2.75) is 31.0 Å². The molecule has 3 N–H and O–H groups in total. The fourth-order valence-corrected chi connectivity index (χ4v) is 2.59. The number of aliphatic hydroxyl groups is 2. The van der Waals surface area contributed by atoms with Crippen molar-refractivity contribution in [3.8, 4) is 0 Å². The summed E-state index contributed by atoms with van der Waals surface area (Å²) in [6.45, 7) is 16.1. The first-order valence-corrected chi connectivity index (χ1v) is 6.21. The quantitative estimate of drug-likeness (QED) is 0.514. The van der Waals surface area contributed by atoms with Gasteiger partial charge in [-0.2, -0.15) is 0 Å². The van der Waals surface area contributed by atoms with Crippen LogP contribution in [-0.2, 0) is 0 Å². The molecule has 6 nitrogen and oxygen atoms in total. The number of nitrogens with zero attached hydrogens (tertiary/aromatic N) is 2. The summed E-state index contributed by atoms with van der Waals surface area (Å²) in [6, 6.07) is -0.896. The Morgan fingerprint density at radius 1 is 1.65 bits per heavy atom. The fraction of sp³-hybridized carbons (Fsp3) is 0.429. The number of aliphatic hydroxyl groups excluding tert-OH is 2. The molecule has 0 spiro atoms. The highest BCUT2D eigenvalue weighted by Crippen LogP contribution is 2.41. The third kappa shape index (κ3) is 1.83. The average Bonchev–Trinajstić information content (AvgIpc) is 2.66. The number of urea groups is 1. The molecule has 0 aromatic carbocycles. The number of rotatable bonds is 2. The van der Waals surface area contributed by atoms with Crippen molar-refractivity contribution in [3.05, 3.63) is 47.6 Å². The van der Waals surface area contributed by atoms with Crippen molar-refractivity contribution < 1.29 is 15.0 Å². The van der Waals surface area contributed by atoms with E-state index in [1.165, 1.54) is 4.90 Å². The molecule has 1 aliphatic heterocycles. The molecule has 1 fully saturated rings. The number of carbonyl (C=O) groups is 1. The molecule has 2 rings (SSSR count). The van der Waals surface area contributed by atoms with E-state index in [2.05, 4.69) is 23.3 Å². The van der Waals surface area contributed by atoms with Gasteiger partial charge in [-0.1, -0.05) is 13.2 Å². The maximum Gasteiger partial charge on any atom is 0.326 e. The number of nitrogens with one attached hydrogen (secondary N) is 1. The van der Waals surface area contributed by atoms with Gasteiger partial charge in [0.15, 0.2) is 0 Å². The lowest BCUT2D eigenvalue weighted by Crippen LogP contribution is -2.46. The highest BCUT2D eigenvalue weighted by atomic mass is 16.3. The number of allylic oxidation sites excluding steroid dienone is 1. The Balaban J connectivity index is 2.37. The summed E-state index contributed by atoms with van der Waals surface area (Å²) < 4.78 is 0. The molecule has 2 amide bonds. The SMILES string of the molecule is [C-]#[N+][C@]1(CO)C(=C)[C@@H](N2C=C(C)C(=C)NC2=O)C[C@@H]1O. The Kier molecular flexibility index (Phi) is 3.42. The first kappa shape index (κ1) is 14.3. The molecule has 1 aliphatic carbocycles. The minimum absolute atomic E-state index is 0.172. The molecule has 3 atom stereocenters. The van der Waals surface area contributed by atoms with E-state index in [1.807, 2.05) is 0 Å². The Hall–Kier alpha value is -2.10. The van der Waals surface area contributed by atoms with E-state index in [1.54, 1.807) is 13.1 Å². The summed E-state index contributed by atoms with van der Waals surface area (Å²) in [5, 5.41) is 22.2. The van der Waals surface area contributed by atoms with Crippen LogP contribution in [0.4, 0.5) is 4.79 Å². The first-order valence-electron chi connectivity index (χ1n) is 6.21. The lowest BCUT2D eigenvalue weighted by atomic mass is 9.92. The van der Waals surface area contributed by atoms with Crippen molar-refractivity contribution in [1.82, 2.24) is 10.2 Å². The van der Waals surface area contributed by atoms with Crippen molar-refractivity contribution in [3.63, 3.8) is 0 Å². The number of hydrogen-bond acceptors (Lipinski definition) is 3. The third-order valence-electron chi connectivity index (χ3n) is 4.03. The molecule has 0 bridgehead atoms. The Morgan fingerprint density at radius 2 is 2.30 bits per heavy atom. The normalized spacial score (nSPS) is 33.8. The van der Waals surface area contributed by atoms with Crippen molar-refractivity contribution in [1.29, 1.82) is 0 Å². The lowest BCUT2D eigenvalue weighted by Gasteiger charge is -2.31. The largest absolute Gasteiger partial charge is 0.387 e. The highest BCUT2D eigenvalue weighted by Gasteiger charge is 2.58. The molecular weight excluding hydrogens is 258 g/mol. The fourth-order valence-electron chi connectivity index (χ4n) is 2.59.